The van der Waals surface area contributed by atoms with Crippen LogP contribution in [0.3, 0.4) is 0 Å². The van der Waals surface area contributed by atoms with Gasteiger partial charge >= 0.3 is 0 Å². The first-order valence-electron chi connectivity index (χ1n) is 8.41. The standard InChI is InChI=1S/C21H18N2O3/c1-3-11-23-20(24)17(14(2)18(13-22)21(23)25)12-16-9-10-19(26-16)15-7-5-4-6-8-15/h4-10,12H,3,11H2,1-2H3/b17-12+. The fraction of sp³-hybridized carbons (Fsp3) is 0.190. The van der Waals surface area contributed by atoms with E-state index in [0.29, 0.717) is 29.1 Å². The maximum Gasteiger partial charge on any atom is 0.271 e. The zero-order valence-electron chi connectivity index (χ0n) is 14.7. The molecule has 1 aliphatic heterocycles. The van der Waals surface area contributed by atoms with Gasteiger partial charge in [-0.05, 0) is 37.1 Å². The van der Waals surface area contributed by atoms with E-state index in [1.165, 1.54) is 0 Å². The Hall–Kier alpha value is -3.39. The van der Waals surface area contributed by atoms with Gasteiger partial charge in [0.25, 0.3) is 11.8 Å². The van der Waals surface area contributed by atoms with Crippen molar-refractivity contribution in [3.05, 3.63) is 64.9 Å². The quantitative estimate of drug-likeness (QED) is 0.620. The first-order valence-corrected chi connectivity index (χ1v) is 8.41. The zero-order chi connectivity index (χ0) is 18.7. The minimum atomic E-state index is -0.529. The van der Waals surface area contributed by atoms with Crippen LogP contribution in [0.5, 0.6) is 0 Å². The highest BCUT2D eigenvalue weighted by Crippen LogP contribution is 2.29. The van der Waals surface area contributed by atoms with Gasteiger partial charge in [-0.1, -0.05) is 37.3 Å². The fourth-order valence-electron chi connectivity index (χ4n) is 2.89. The van der Waals surface area contributed by atoms with E-state index >= 15 is 0 Å². The van der Waals surface area contributed by atoms with Crippen LogP contribution in [-0.4, -0.2) is 23.3 Å². The predicted molar refractivity (Wildman–Crippen MR) is 97.4 cm³/mol. The summed E-state index contributed by atoms with van der Waals surface area (Å²) >= 11 is 0. The van der Waals surface area contributed by atoms with Crippen molar-refractivity contribution >= 4 is 17.9 Å². The highest BCUT2D eigenvalue weighted by atomic mass is 16.3. The Kier molecular flexibility index (Phi) is 4.85. The summed E-state index contributed by atoms with van der Waals surface area (Å²) in [5.74, 6) is 0.253. The molecule has 5 nitrogen and oxygen atoms in total. The number of rotatable bonds is 4. The molecule has 0 unspecified atom stereocenters. The number of amides is 2. The Morgan fingerprint density at radius 3 is 2.50 bits per heavy atom. The van der Waals surface area contributed by atoms with Crippen LogP contribution in [0.1, 0.15) is 26.0 Å². The summed E-state index contributed by atoms with van der Waals surface area (Å²) in [6.45, 7) is 3.77. The van der Waals surface area contributed by atoms with Crippen molar-refractivity contribution in [3.63, 3.8) is 0 Å². The van der Waals surface area contributed by atoms with Gasteiger partial charge in [0.05, 0.1) is 0 Å². The Morgan fingerprint density at radius 2 is 1.85 bits per heavy atom. The molecule has 0 saturated heterocycles. The predicted octanol–water partition coefficient (Wildman–Crippen LogP) is 3.95. The number of nitrogens with zero attached hydrogens (tertiary/aromatic N) is 2. The first kappa shape index (κ1) is 17.4. The molecule has 0 fully saturated rings. The summed E-state index contributed by atoms with van der Waals surface area (Å²) in [7, 11) is 0. The summed E-state index contributed by atoms with van der Waals surface area (Å²) in [5, 5.41) is 9.32. The highest BCUT2D eigenvalue weighted by Gasteiger charge is 2.34. The molecule has 0 radical (unpaired) electrons. The smallest absolute Gasteiger partial charge is 0.271 e. The maximum atomic E-state index is 12.7. The van der Waals surface area contributed by atoms with Crippen LogP contribution in [0.4, 0.5) is 0 Å². The van der Waals surface area contributed by atoms with E-state index in [1.54, 1.807) is 19.1 Å². The summed E-state index contributed by atoms with van der Waals surface area (Å²) in [5.41, 5.74) is 1.62. The lowest BCUT2D eigenvalue weighted by Crippen LogP contribution is -2.43. The van der Waals surface area contributed by atoms with Gasteiger partial charge in [-0.3, -0.25) is 14.5 Å². The van der Waals surface area contributed by atoms with E-state index in [0.717, 1.165) is 10.5 Å². The number of furan rings is 1. The van der Waals surface area contributed by atoms with Crippen LogP contribution in [-0.2, 0) is 9.59 Å². The van der Waals surface area contributed by atoms with Crippen LogP contribution in [0, 0.1) is 11.3 Å². The normalized spacial score (nSPS) is 16.3. The van der Waals surface area contributed by atoms with Crippen molar-refractivity contribution in [2.45, 2.75) is 20.3 Å². The van der Waals surface area contributed by atoms with Crippen molar-refractivity contribution in [1.82, 2.24) is 4.90 Å². The molecule has 2 heterocycles. The largest absolute Gasteiger partial charge is 0.457 e. The minimum absolute atomic E-state index is 0.000797. The Bertz CT molecular complexity index is 959. The van der Waals surface area contributed by atoms with E-state index in [9.17, 15) is 14.9 Å². The maximum absolute atomic E-state index is 12.7. The van der Waals surface area contributed by atoms with E-state index < -0.39 is 11.8 Å². The second-order valence-corrected chi connectivity index (χ2v) is 6.00. The minimum Gasteiger partial charge on any atom is -0.457 e. The zero-order valence-corrected chi connectivity index (χ0v) is 14.7. The van der Waals surface area contributed by atoms with Crippen LogP contribution < -0.4 is 0 Å². The SMILES string of the molecule is CCCN1C(=O)C(C#N)=C(C)/C(=C\c2ccc(-c3ccccc3)o2)C1=O. The van der Waals surface area contributed by atoms with Gasteiger partial charge in [0.1, 0.15) is 23.2 Å². The third-order valence-corrected chi connectivity index (χ3v) is 4.24. The Morgan fingerprint density at radius 1 is 1.12 bits per heavy atom. The average molecular weight is 346 g/mol. The monoisotopic (exact) mass is 346 g/mol. The molecule has 1 aliphatic rings. The van der Waals surface area contributed by atoms with Crippen LogP contribution in [0.25, 0.3) is 17.4 Å². The number of hydrogen-bond acceptors (Lipinski definition) is 4. The average Bonchev–Trinajstić information content (AvgIpc) is 3.12. The van der Waals surface area contributed by atoms with E-state index in [1.807, 2.05) is 49.4 Å². The summed E-state index contributed by atoms with van der Waals surface area (Å²) in [4.78, 5) is 26.2. The van der Waals surface area contributed by atoms with E-state index in [2.05, 4.69) is 0 Å². The lowest BCUT2D eigenvalue weighted by Gasteiger charge is -2.26. The molecule has 130 valence electrons. The molecule has 1 aromatic carbocycles. The van der Waals surface area contributed by atoms with Crippen molar-refractivity contribution in [2.24, 2.45) is 0 Å². The number of benzene rings is 1. The number of nitriles is 1. The Balaban J connectivity index is 2.03. The fourth-order valence-corrected chi connectivity index (χ4v) is 2.89. The molecular weight excluding hydrogens is 328 g/mol. The molecule has 5 heteroatoms. The number of carbonyl (C=O) groups excluding carboxylic acids is 2. The molecule has 2 aromatic rings. The third-order valence-electron chi connectivity index (χ3n) is 4.24. The van der Waals surface area contributed by atoms with Gasteiger partial charge in [0.15, 0.2) is 0 Å². The van der Waals surface area contributed by atoms with Crippen molar-refractivity contribution < 1.29 is 14.0 Å². The lowest BCUT2D eigenvalue weighted by atomic mass is 9.94. The molecule has 0 saturated carbocycles. The molecular formula is C21H18N2O3. The summed E-state index contributed by atoms with van der Waals surface area (Å²) in [6.07, 6.45) is 2.22. The second-order valence-electron chi connectivity index (χ2n) is 6.00. The molecule has 0 spiro atoms. The van der Waals surface area contributed by atoms with E-state index in [4.69, 9.17) is 4.42 Å². The molecule has 2 amide bonds. The van der Waals surface area contributed by atoms with Crippen molar-refractivity contribution in [2.75, 3.05) is 6.54 Å². The molecule has 26 heavy (non-hydrogen) atoms. The number of imide groups is 1. The van der Waals surface area contributed by atoms with Gasteiger partial charge in [0, 0.05) is 17.7 Å². The summed E-state index contributed by atoms with van der Waals surface area (Å²) in [6, 6.07) is 15.1. The van der Waals surface area contributed by atoms with Crippen LogP contribution >= 0.6 is 0 Å². The number of carbonyl (C=O) groups is 2. The Labute approximate surface area is 151 Å². The van der Waals surface area contributed by atoms with Crippen LogP contribution in [0.2, 0.25) is 0 Å². The first-order chi connectivity index (χ1) is 12.6. The van der Waals surface area contributed by atoms with E-state index in [-0.39, 0.29) is 12.1 Å². The summed E-state index contributed by atoms with van der Waals surface area (Å²) < 4.78 is 5.82. The van der Waals surface area contributed by atoms with Crippen molar-refractivity contribution in [3.8, 4) is 17.4 Å². The molecule has 3 rings (SSSR count). The third kappa shape index (κ3) is 3.09. The topological polar surface area (TPSA) is 74.3 Å². The van der Waals surface area contributed by atoms with Crippen molar-refractivity contribution in [1.29, 1.82) is 5.26 Å². The van der Waals surface area contributed by atoms with Crippen LogP contribution in [0.15, 0.2) is 63.6 Å². The molecule has 0 bridgehead atoms. The number of hydrogen-bond donors (Lipinski definition) is 0. The molecule has 0 atom stereocenters. The van der Waals surface area contributed by atoms with Gasteiger partial charge < -0.3 is 4.42 Å². The molecule has 0 N–H and O–H groups in total. The van der Waals surface area contributed by atoms with Gasteiger partial charge in [-0.2, -0.15) is 5.26 Å². The lowest BCUT2D eigenvalue weighted by molar-refractivity contribution is -0.140. The second kappa shape index (κ2) is 7.24. The van der Waals surface area contributed by atoms with Gasteiger partial charge in [-0.15, -0.1) is 0 Å². The molecule has 1 aromatic heterocycles. The molecule has 0 aliphatic carbocycles. The highest BCUT2D eigenvalue weighted by molar-refractivity contribution is 6.19. The van der Waals surface area contributed by atoms with Gasteiger partial charge in [-0.25, -0.2) is 0 Å². The van der Waals surface area contributed by atoms with Gasteiger partial charge in [0.2, 0.25) is 0 Å².